The van der Waals surface area contributed by atoms with Crippen LogP contribution in [0.25, 0.3) is 99.2 Å². The zero-order chi connectivity index (χ0) is 37.5. The molecule has 55 heavy (non-hydrogen) atoms. The Morgan fingerprint density at radius 2 is 0.982 bits per heavy atom. The number of aromatic nitrogens is 2. The van der Waals surface area contributed by atoms with Gasteiger partial charge in [-0.2, -0.15) is 0 Å². The summed E-state index contributed by atoms with van der Waals surface area (Å²) in [6, 6.07) is 46.1. The lowest BCUT2D eigenvalue weighted by Crippen LogP contribution is -1.95. The maximum absolute atomic E-state index is 6.42. The van der Waals surface area contributed by atoms with Crippen LogP contribution in [0.3, 0.4) is 0 Å². The molecule has 0 spiro atoms. The molecule has 2 aromatic heterocycles. The zero-order valence-electron chi connectivity index (χ0n) is 32.0. The van der Waals surface area contributed by atoms with Gasteiger partial charge >= 0.3 is 0 Å². The van der Waals surface area contributed by atoms with Crippen molar-refractivity contribution in [2.45, 2.75) is 41.5 Å². The summed E-state index contributed by atoms with van der Waals surface area (Å²) >= 11 is 0. The highest BCUT2D eigenvalue weighted by Crippen LogP contribution is 2.41. The summed E-state index contributed by atoms with van der Waals surface area (Å²) in [7, 11) is 0. The van der Waals surface area contributed by atoms with Crippen LogP contribution in [-0.2, 0) is 0 Å². The average Bonchev–Trinajstić information content (AvgIpc) is 3.56. The van der Waals surface area contributed by atoms with Crippen LogP contribution in [0.5, 0.6) is 0 Å². The van der Waals surface area contributed by atoms with Crippen molar-refractivity contribution >= 4 is 54.5 Å². The Morgan fingerprint density at radius 3 is 1.64 bits per heavy atom. The second-order valence-electron chi connectivity index (χ2n) is 15.4. The minimum Gasteiger partial charge on any atom is -0.455 e. The van der Waals surface area contributed by atoms with E-state index in [1.165, 1.54) is 66.4 Å². The summed E-state index contributed by atoms with van der Waals surface area (Å²) in [6.07, 6.45) is 1.93. The predicted molar refractivity (Wildman–Crippen MR) is 232 cm³/mol. The largest absolute Gasteiger partial charge is 0.455 e. The molecule has 0 saturated carbocycles. The van der Waals surface area contributed by atoms with Crippen LogP contribution in [-0.4, -0.2) is 9.97 Å². The zero-order valence-corrected chi connectivity index (χ0v) is 32.0. The van der Waals surface area contributed by atoms with E-state index in [-0.39, 0.29) is 0 Å². The SMILES string of the molecule is Cc1cc(C)c(-c2ccc3c(c2)c2cc(-c4c(C)cc(C)cc4C)ccc2c2nc(-c4cccc(-c5cccc6c5oc5ccccc56)c4)cnc32)c(C)c1. The molecular weight excluding hydrogens is 669 g/mol. The van der Waals surface area contributed by atoms with Crippen LogP contribution < -0.4 is 0 Å². The lowest BCUT2D eigenvalue weighted by molar-refractivity contribution is 0.670. The third-order valence-electron chi connectivity index (χ3n) is 11.4. The summed E-state index contributed by atoms with van der Waals surface area (Å²) in [6.45, 7) is 13.2. The standard InChI is InChI=1S/C52H40N2O/c1-29-21-31(3)48(32(4)22-29)37-17-19-41-44(26-37)45-27-38(49-33(5)23-30(2)24-34(49)6)18-20-42(45)51-50(41)53-28-46(54-51)36-12-9-11-35(25-36)39-14-10-15-43-40-13-7-8-16-47(40)55-52(39)43/h7-28H,1-6H3. The molecule has 8 aromatic carbocycles. The Hall–Kier alpha value is -6.58. The molecule has 0 N–H and O–H groups in total. The molecular formula is C52H40N2O. The van der Waals surface area contributed by atoms with Gasteiger partial charge in [0.2, 0.25) is 0 Å². The predicted octanol–water partition coefficient (Wildman–Crippen LogP) is 14.4. The normalized spacial score (nSPS) is 11.8. The first-order valence-corrected chi connectivity index (χ1v) is 19.1. The minimum absolute atomic E-state index is 0.837. The third-order valence-corrected chi connectivity index (χ3v) is 11.4. The first kappa shape index (κ1) is 33.0. The molecule has 3 nitrogen and oxygen atoms in total. The van der Waals surface area contributed by atoms with Gasteiger partial charge in [-0.3, -0.25) is 4.98 Å². The van der Waals surface area contributed by atoms with E-state index in [0.29, 0.717) is 0 Å². The Kier molecular flexibility index (Phi) is 7.50. The van der Waals surface area contributed by atoms with Crippen molar-refractivity contribution in [2.75, 3.05) is 0 Å². The molecule has 10 aromatic rings. The molecule has 0 bridgehead atoms. The van der Waals surface area contributed by atoms with Gasteiger partial charge in [0, 0.05) is 32.7 Å². The van der Waals surface area contributed by atoms with Crippen LogP contribution in [0, 0.1) is 41.5 Å². The van der Waals surface area contributed by atoms with Crippen molar-refractivity contribution in [3.8, 4) is 44.6 Å². The average molecular weight is 709 g/mol. The highest BCUT2D eigenvalue weighted by atomic mass is 16.3. The van der Waals surface area contributed by atoms with Gasteiger partial charge in [-0.25, -0.2) is 4.98 Å². The van der Waals surface area contributed by atoms with Gasteiger partial charge < -0.3 is 4.42 Å². The summed E-state index contributed by atoms with van der Waals surface area (Å²) in [5.41, 5.74) is 20.3. The van der Waals surface area contributed by atoms with Gasteiger partial charge in [-0.1, -0.05) is 114 Å². The first-order valence-electron chi connectivity index (χ1n) is 19.1. The number of nitrogens with zero attached hydrogens (tertiary/aromatic N) is 2. The number of benzene rings is 8. The van der Waals surface area contributed by atoms with Gasteiger partial charge in [0.1, 0.15) is 11.2 Å². The second-order valence-corrected chi connectivity index (χ2v) is 15.4. The van der Waals surface area contributed by atoms with E-state index in [1.54, 1.807) is 0 Å². The molecule has 0 fully saturated rings. The van der Waals surface area contributed by atoms with Crippen molar-refractivity contribution < 1.29 is 4.42 Å². The minimum atomic E-state index is 0.837. The van der Waals surface area contributed by atoms with E-state index >= 15 is 0 Å². The molecule has 3 heteroatoms. The maximum Gasteiger partial charge on any atom is 0.143 e. The fraction of sp³-hybridized carbons (Fsp3) is 0.115. The third kappa shape index (κ3) is 5.33. The summed E-state index contributed by atoms with van der Waals surface area (Å²) in [5, 5.41) is 6.82. The lowest BCUT2D eigenvalue weighted by atomic mass is 9.88. The Labute approximate surface area is 320 Å². The Morgan fingerprint density at radius 1 is 0.418 bits per heavy atom. The lowest BCUT2D eigenvalue weighted by Gasteiger charge is -2.17. The smallest absolute Gasteiger partial charge is 0.143 e. The van der Waals surface area contributed by atoms with Crippen LogP contribution in [0.15, 0.2) is 138 Å². The molecule has 0 saturated heterocycles. The quantitative estimate of drug-likeness (QED) is 0.171. The Balaban J connectivity index is 1.19. The van der Waals surface area contributed by atoms with Crippen molar-refractivity contribution in [3.63, 3.8) is 0 Å². The number of hydrogen-bond donors (Lipinski definition) is 0. The molecule has 0 radical (unpaired) electrons. The number of aryl methyl sites for hydroxylation is 6. The highest BCUT2D eigenvalue weighted by Gasteiger charge is 2.18. The monoisotopic (exact) mass is 708 g/mol. The molecule has 0 unspecified atom stereocenters. The molecule has 0 aliphatic heterocycles. The number of hydrogen-bond acceptors (Lipinski definition) is 3. The van der Waals surface area contributed by atoms with E-state index in [9.17, 15) is 0 Å². The van der Waals surface area contributed by atoms with Crippen molar-refractivity contribution in [3.05, 3.63) is 167 Å². The van der Waals surface area contributed by atoms with Crippen LogP contribution in [0.1, 0.15) is 33.4 Å². The Bertz CT molecular complexity index is 3170. The number of fused-ring (bicyclic) bond motifs is 9. The van der Waals surface area contributed by atoms with Crippen molar-refractivity contribution in [2.24, 2.45) is 0 Å². The number of para-hydroxylation sites is 2. The number of rotatable bonds is 4. The van der Waals surface area contributed by atoms with E-state index in [1.807, 2.05) is 18.3 Å². The van der Waals surface area contributed by atoms with Gasteiger partial charge in [-0.05, 0) is 127 Å². The molecule has 0 atom stereocenters. The topological polar surface area (TPSA) is 38.9 Å². The van der Waals surface area contributed by atoms with Crippen LogP contribution >= 0.6 is 0 Å². The molecule has 0 aliphatic carbocycles. The van der Waals surface area contributed by atoms with E-state index in [4.69, 9.17) is 14.4 Å². The fourth-order valence-electron chi connectivity index (χ4n) is 9.26. The summed E-state index contributed by atoms with van der Waals surface area (Å²) in [4.78, 5) is 10.6. The molecule has 10 rings (SSSR count). The van der Waals surface area contributed by atoms with Crippen LogP contribution in [0.4, 0.5) is 0 Å². The fourth-order valence-corrected chi connectivity index (χ4v) is 9.26. The van der Waals surface area contributed by atoms with Gasteiger partial charge in [0.25, 0.3) is 0 Å². The maximum atomic E-state index is 6.42. The van der Waals surface area contributed by atoms with Crippen LogP contribution in [0.2, 0.25) is 0 Å². The van der Waals surface area contributed by atoms with Gasteiger partial charge in [-0.15, -0.1) is 0 Å². The molecule has 264 valence electrons. The summed E-state index contributed by atoms with van der Waals surface area (Å²) < 4.78 is 6.42. The van der Waals surface area contributed by atoms with E-state index in [2.05, 4.69) is 157 Å². The molecule has 0 aliphatic rings. The summed E-state index contributed by atoms with van der Waals surface area (Å²) in [5.74, 6) is 0. The second kappa shape index (κ2) is 12.5. The molecule has 2 heterocycles. The van der Waals surface area contributed by atoms with E-state index < -0.39 is 0 Å². The molecule has 0 amide bonds. The highest BCUT2D eigenvalue weighted by molar-refractivity contribution is 6.24. The first-order chi connectivity index (χ1) is 26.7. The van der Waals surface area contributed by atoms with Gasteiger partial charge in [0.15, 0.2) is 0 Å². The number of furan rings is 1. The van der Waals surface area contributed by atoms with Crippen molar-refractivity contribution in [1.29, 1.82) is 0 Å². The van der Waals surface area contributed by atoms with Gasteiger partial charge in [0.05, 0.1) is 22.9 Å². The van der Waals surface area contributed by atoms with E-state index in [0.717, 1.165) is 66.1 Å². The van der Waals surface area contributed by atoms with Crippen molar-refractivity contribution in [1.82, 2.24) is 9.97 Å².